The first-order valence-electron chi connectivity index (χ1n) is 12.3. The van der Waals surface area contributed by atoms with Crippen LogP contribution in [0.3, 0.4) is 0 Å². The van der Waals surface area contributed by atoms with E-state index in [2.05, 4.69) is 20.8 Å². The number of aromatic nitrogens is 1. The molecule has 3 aromatic rings. The lowest BCUT2D eigenvalue weighted by Crippen LogP contribution is -2.39. The zero-order valence-electron chi connectivity index (χ0n) is 21.0. The van der Waals surface area contributed by atoms with Gasteiger partial charge in [0.2, 0.25) is 5.43 Å². The average molecular weight is 518 g/mol. The molecule has 0 unspecified atom stereocenters. The van der Waals surface area contributed by atoms with Gasteiger partial charge in [0, 0.05) is 23.4 Å². The zero-order chi connectivity index (χ0) is 26.9. The Hall–Kier alpha value is -3.36. The van der Waals surface area contributed by atoms with Crippen molar-refractivity contribution in [1.29, 1.82) is 0 Å². The van der Waals surface area contributed by atoms with E-state index in [1.54, 1.807) is 0 Å². The van der Waals surface area contributed by atoms with Crippen LogP contribution in [0, 0.1) is 40.0 Å². The maximum atomic E-state index is 15.3. The summed E-state index contributed by atoms with van der Waals surface area (Å²) in [5.74, 6) is -6.32. The van der Waals surface area contributed by atoms with Crippen LogP contribution in [0.25, 0.3) is 16.6 Å². The van der Waals surface area contributed by atoms with Crippen molar-refractivity contribution >= 4 is 16.9 Å². The lowest BCUT2D eigenvalue weighted by Gasteiger charge is -2.38. The maximum absolute atomic E-state index is 15.3. The van der Waals surface area contributed by atoms with Crippen LogP contribution in [-0.4, -0.2) is 23.2 Å². The second-order valence-corrected chi connectivity index (χ2v) is 10.7. The molecule has 1 aromatic heterocycles. The van der Waals surface area contributed by atoms with Crippen LogP contribution in [0.15, 0.2) is 35.3 Å². The van der Waals surface area contributed by atoms with Crippen molar-refractivity contribution in [2.45, 2.75) is 53.1 Å². The van der Waals surface area contributed by atoms with Crippen LogP contribution in [0.1, 0.15) is 57.3 Å². The highest BCUT2D eigenvalue weighted by atomic mass is 19.2. The topological polar surface area (TPSA) is 57.5 Å². The van der Waals surface area contributed by atoms with Crippen molar-refractivity contribution in [2.75, 3.05) is 6.61 Å². The minimum absolute atomic E-state index is 0.00647. The third kappa shape index (κ3) is 3.65. The second kappa shape index (κ2) is 8.60. The second-order valence-electron chi connectivity index (χ2n) is 10.7. The van der Waals surface area contributed by atoms with Crippen LogP contribution in [0.2, 0.25) is 0 Å². The summed E-state index contributed by atoms with van der Waals surface area (Å²) < 4.78 is 70.4. The van der Waals surface area contributed by atoms with Crippen LogP contribution < -0.4 is 10.2 Å². The maximum Gasteiger partial charge on any atom is 0.343 e. The molecule has 0 spiro atoms. The molecule has 2 aliphatic carbocycles. The van der Waals surface area contributed by atoms with Gasteiger partial charge in [-0.1, -0.05) is 20.8 Å². The molecule has 3 atom stereocenters. The molecule has 37 heavy (non-hydrogen) atoms. The first-order chi connectivity index (χ1) is 17.4. The van der Waals surface area contributed by atoms with E-state index >= 15 is 4.39 Å². The Morgan fingerprint density at radius 1 is 1.08 bits per heavy atom. The summed E-state index contributed by atoms with van der Waals surface area (Å²) in [6.45, 7) is 8.06. The molecule has 5 nitrogen and oxygen atoms in total. The lowest BCUT2D eigenvalue weighted by molar-refractivity contribution is 0.0278. The molecule has 1 heterocycles. The van der Waals surface area contributed by atoms with Crippen molar-refractivity contribution in [2.24, 2.45) is 16.7 Å². The van der Waals surface area contributed by atoms with E-state index in [0.29, 0.717) is 12.0 Å². The van der Waals surface area contributed by atoms with Crippen molar-refractivity contribution in [3.8, 4) is 11.4 Å². The van der Waals surface area contributed by atoms with E-state index in [-0.39, 0.29) is 35.0 Å². The highest BCUT2D eigenvalue weighted by Gasteiger charge is 2.62. The molecule has 0 amide bonds. The number of rotatable bonds is 5. The van der Waals surface area contributed by atoms with Gasteiger partial charge >= 0.3 is 5.97 Å². The summed E-state index contributed by atoms with van der Waals surface area (Å²) >= 11 is 0. The Labute approximate surface area is 211 Å². The van der Waals surface area contributed by atoms with E-state index < -0.39 is 51.1 Å². The molecule has 5 rings (SSSR count). The Morgan fingerprint density at radius 3 is 2.41 bits per heavy atom. The van der Waals surface area contributed by atoms with Crippen LogP contribution in [0.5, 0.6) is 5.75 Å². The van der Waals surface area contributed by atoms with Gasteiger partial charge in [0.15, 0.2) is 29.0 Å². The van der Waals surface area contributed by atoms with E-state index in [0.717, 1.165) is 36.1 Å². The molecule has 0 saturated heterocycles. The van der Waals surface area contributed by atoms with E-state index in [1.807, 2.05) is 0 Å². The number of halogens is 4. The molecule has 0 radical (unpaired) electrons. The number of carbonyl (C=O) groups is 1. The van der Waals surface area contributed by atoms with Gasteiger partial charge in [-0.3, -0.25) is 4.79 Å². The summed E-state index contributed by atoms with van der Waals surface area (Å²) in [6.07, 6.45) is 3.66. The van der Waals surface area contributed by atoms with E-state index in [4.69, 9.17) is 9.47 Å². The third-order valence-electron chi connectivity index (χ3n) is 8.80. The zero-order valence-corrected chi connectivity index (χ0v) is 21.0. The number of esters is 1. The van der Waals surface area contributed by atoms with Crippen molar-refractivity contribution in [3.63, 3.8) is 0 Å². The predicted molar refractivity (Wildman–Crippen MR) is 129 cm³/mol. The van der Waals surface area contributed by atoms with Gasteiger partial charge in [-0.15, -0.1) is 0 Å². The summed E-state index contributed by atoms with van der Waals surface area (Å²) in [7, 11) is 0. The third-order valence-corrected chi connectivity index (χ3v) is 8.80. The van der Waals surface area contributed by atoms with Gasteiger partial charge < -0.3 is 14.0 Å². The molecule has 0 N–H and O–H groups in total. The molecule has 2 fully saturated rings. The minimum atomic E-state index is -1.79. The summed E-state index contributed by atoms with van der Waals surface area (Å²) in [6, 6.07) is 4.33. The minimum Gasteiger partial charge on any atom is -0.487 e. The van der Waals surface area contributed by atoms with Crippen LogP contribution in [-0.2, 0) is 4.74 Å². The number of ether oxygens (including phenoxy) is 2. The van der Waals surface area contributed by atoms with Gasteiger partial charge in [-0.25, -0.2) is 22.4 Å². The SMILES string of the molecule is CCOC(=O)c1cn(-c2ccc(O[C@@H]3C[C@H]4CC[C@@]3(C)C4(C)C)c(F)c2)c2c(F)c(F)c(F)cc2c1=O. The molecule has 2 aliphatic rings. The molecule has 2 saturated carbocycles. The summed E-state index contributed by atoms with van der Waals surface area (Å²) in [4.78, 5) is 25.2. The van der Waals surface area contributed by atoms with E-state index in [9.17, 15) is 22.8 Å². The smallest absolute Gasteiger partial charge is 0.343 e. The molecule has 2 aromatic carbocycles. The Kier molecular flexibility index (Phi) is 5.88. The van der Waals surface area contributed by atoms with Crippen molar-refractivity contribution in [1.82, 2.24) is 4.57 Å². The molecule has 2 bridgehead atoms. The standard InChI is InChI=1S/C28H27F4NO4/c1-5-36-26(35)17-13-33(24-16(25(17)34)12-19(30)22(31)23(24)32)15-6-7-20(18(29)11-15)37-21-10-14-8-9-28(21,4)27(14,2)3/h6-7,11-14,21H,5,8-10H2,1-4H3/t14-,21-,28-/m1/s1. The number of benzene rings is 2. The highest BCUT2D eigenvalue weighted by molar-refractivity contribution is 5.94. The fourth-order valence-electron chi connectivity index (χ4n) is 6.15. The van der Waals surface area contributed by atoms with Crippen molar-refractivity contribution < 1.29 is 31.8 Å². The number of hydrogen-bond donors (Lipinski definition) is 0. The van der Waals surface area contributed by atoms with Gasteiger partial charge in [0.1, 0.15) is 11.7 Å². The quantitative estimate of drug-likeness (QED) is 0.226. The van der Waals surface area contributed by atoms with Crippen LogP contribution in [0.4, 0.5) is 17.6 Å². The van der Waals surface area contributed by atoms with E-state index in [1.165, 1.54) is 19.1 Å². The monoisotopic (exact) mass is 517 g/mol. The molecule has 196 valence electrons. The Morgan fingerprint density at radius 2 is 1.81 bits per heavy atom. The number of carbonyl (C=O) groups excluding carboxylic acids is 1. The highest BCUT2D eigenvalue weighted by Crippen LogP contribution is 2.66. The molecular weight excluding hydrogens is 490 g/mol. The Bertz CT molecular complexity index is 1500. The normalized spacial score (nSPS) is 24.0. The fraction of sp³-hybridized carbons (Fsp3) is 0.429. The first kappa shape index (κ1) is 25.3. The van der Waals surface area contributed by atoms with Crippen LogP contribution >= 0.6 is 0 Å². The number of pyridine rings is 1. The summed E-state index contributed by atoms with van der Waals surface area (Å²) in [5, 5.41) is -0.583. The average Bonchev–Trinajstić information content (AvgIpc) is 3.18. The number of fused-ring (bicyclic) bond motifs is 3. The molecular formula is C28H27F4NO4. The van der Waals surface area contributed by atoms with Gasteiger partial charge in [-0.2, -0.15) is 0 Å². The lowest BCUT2D eigenvalue weighted by atomic mass is 9.70. The van der Waals surface area contributed by atoms with Gasteiger partial charge in [-0.05, 0) is 55.7 Å². The van der Waals surface area contributed by atoms with Gasteiger partial charge in [0.25, 0.3) is 0 Å². The Balaban J connectivity index is 1.61. The number of nitrogens with zero attached hydrogens (tertiary/aromatic N) is 1. The summed E-state index contributed by atoms with van der Waals surface area (Å²) in [5.41, 5.74) is -2.27. The molecule has 0 aliphatic heterocycles. The van der Waals surface area contributed by atoms with Crippen molar-refractivity contribution in [3.05, 3.63) is 69.5 Å². The fourth-order valence-corrected chi connectivity index (χ4v) is 6.15. The van der Waals surface area contributed by atoms with Gasteiger partial charge in [0.05, 0.1) is 17.5 Å². The predicted octanol–water partition coefficient (Wildman–Crippen LogP) is 6.32. The first-order valence-corrected chi connectivity index (χ1v) is 12.3. The molecule has 9 heteroatoms. The number of hydrogen-bond acceptors (Lipinski definition) is 4. The largest absolute Gasteiger partial charge is 0.487 e.